The molecule has 0 aliphatic carbocycles. The van der Waals surface area contributed by atoms with Gasteiger partial charge < -0.3 is 5.11 Å². The van der Waals surface area contributed by atoms with Crippen LogP contribution in [0.5, 0.6) is 0 Å². The van der Waals surface area contributed by atoms with Crippen LogP contribution < -0.4 is 0 Å². The van der Waals surface area contributed by atoms with Gasteiger partial charge in [0.15, 0.2) is 5.71 Å². The number of benzene rings is 2. The van der Waals surface area contributed by atoms with Crippen LogP contribution in [0.25, 0.3) is 0 Å². The van der Waals surface area contributed by atoms with Gasteiger partial charge in [0.1, 0.15) is 0 Å². The van der Waals surface area contributed by atoms with Crippen molar-refractivity contribution < 1.29 is 14.7 Å². The van der Waals surface area contributed by atoms with E-state index in [1.165, 1.54) is 5.01 Å². The molecular formula is C18H16N2O3. The summed E-state index contributed by atoms with van der Waals surface area (Å²) in [4.78, 5) is 24.0. The van der Waals surface area contributed by atoms with Gasteiger partial charge >= 0.3 is 5.97 Å². The molecule has 0 saturated carbocycles. The van der Waals surface area contributed by atoms with Crippen LogP contribution in [0.2, 0.25) is 0 Å². The molecule has 1 atom stereocenters. The lowest BCUT2D eigenvalue weighted by atomic mass is 9.94. The highest BCUT2D eigenvalue weighted by Gasteiger charge is 2.39. The van der Waals surface area contributed by atoms with Gasteiger partial charge in [0.25, 0.3) is 5.91 Å². The Balaban J connectivity index is 1.82. The maximum absolute atomic E-state index is 12.6. The summed E-state index contributed by atoms with van der Waals surface area (Å²) in [6.45, 7) is 0.280. The van der Waals surface area contributed by atoms with Crippen molar-refractivity contribution in [1.82, 2.24) is 5.01 Å². The zero-order valence-electron chi connectivity index (χ0n) is 12.4. The fourth-order valence-corrected chi connectivity index (χ4v) is 2.64. The molecular weight excluding hydrogens is 292 g/mol. The normalized spacial score (nSPS) is 17.2. The van der Waals surface area contributed by atoms with E-state index < -0.39 is 11.9 Å². The minimum Gasteiger partial charge on any atom is -0.477 e. The molecule has 23 heavy (non-hydrogen) atoms. The average molecular weight is 308 g/mol. The van der Waals surface area contributed by atoms with Crippen LogP contribution >= 0.6 is 0 Å². The Morgan fingerprint density at radius 3 is 2.13 bits per heavy atom. The highest BCUT2D eigenvalue weighted by atomic mass is 16.4. The molecule has 0 fully saturated rings. The van der Waals surface area contributed by atoms with Gasteiger partial charge in [-0.25, -0.2) is 9.80 Å². The second-order valence-electron chi connectivity index (χ2n) is 5.41. The Kier molecular flexibility index (Phi) is 4.19. The molecule has 2 aromatic rings. The molecule has 1 unspecified atom stereocenters. The van der Waals surface area contributed by atoms with Gasteiger partial charge in [0, 0.05) is 0 Å². The molecule has 0 aromatic heterocycles. The van der Waals surface area contributed by atoms with Crippen molar-refractivity contribution in [3.63, 3.8) is 0 Å². The van der Waals surface area contributed by atoms with Gasteiger partial charge in [-0.05, 0) is 17.5 Å². The largest absolute Gasteiger partial charge is 0.477 e. The summed E-state index contributed by atoms with van der Waals surface area (Å²) in [6.07, 6.45) is 0.343. The molecule has 1 amide bonds. The molecule has 1 aliphatic heterocycles. The lowest BCUT2D eigenvalue weighted by Gasteiger charge is -2.14. The van der Waals surface area contributed by atoms with Crippen LogP contribution in [0.3, 0.4) is 0 Å². The fourth-order valence-electron chi connectivity index (χ4n) is 2.64. The number of aliphatic carboxylic acids is 1. The Morgan fingerprint density at radius 1 is 1.00 bits per heavy atom. The summed E-state index contributed by atoms with van der Waals surface area (Å²) in [6, 6.07) is 18.8. The van der Waals surface area contributed by atoms with Crippen molar-refractivity contribution in [2.75, 3.05) is 0 Å². The van der Waals surface area contributed by atoms with Crippen molar-refractivity contribution in [2.24, 2.45) is 11.0 Å². The molecule has 1 heterocycles. The van der Waals surface area contributed by atoms with E-state index in [0.717, 1.165) is 11.1 Å². The monoisotopic (exact) mass is 308 g/mol. The maximum atomic E-state index is 12.6. The van der Waals surface area contributed by atoms with Crippen molar-refractivity contribution in [3.05, 3.63) is 71.8 Å². The van der Waals surface area contributed by atoms with E-state index in [4.69, 9.17) is 0 Å². The third-order valence-corrected chi connectivity index (χ3v) is 3.79. The lowest BCUT2D eigenvalue weighted by Crippen LogP contribution is -2.31. The maximum Gasteiger partial charge on any atom is 0.352 e. The van der Waals surface area contributed by atoms with Gasteiger partial charge in [0.2, 0.25) is 0 Å². The van der Waals surface area contributed by atoms with E-state index in [1.54, 1.807) is 0 Å². The lowest BCUT2D eigenvalue weighted by molar-refractivity contribution is -0.133. The summed E-state index contributed by atoms with van der Waals surface area (Å²) in [7, 11) is 0. The number of carbonyl (C=O) groups is 2. The predicted molar refractivity (Wildman–Crippen MR) is 85.7 cm³/mol. The van der Waals surface area contributed by atoms with Crippen molar-refractivity contribution in [1.29, 1.82) is 0 Å². The third-order valence-electron chi connectivity index (χ3n) is 3.79. The second kappa shape index (κ2) is 6.44. The Hall–Kier alpha value is -2.95. The van der Waals surface area contributed by atoms with Gasteiger partial charge in [-0.15, -0.1) is 0 Å². The average Bonchev–Trinajstić information content (AvgIpc) is 2.86. The number of carboxylic acid groups (broad SMARTS) is 1. The first-order chi connectivity index (χ1) is 11.1. The van der Waals surface area contributed by atoms with Gasteiger partial charge in [0.05, 0.1) is 12.5 Å². The summed E-state index contributed by atoms with van der Waals surface area (Å²) in [5.74, 6) is -2.15. The molecule has 3 rings (SSSR count). The third kappa shape index (κ3) is 3.29. The van der Waals surface area contributed by atoms with E-state index in [1.807, 2.05) is 60.7 Å². The SMILES string of the molecule is O=C(O)C1=NN(Cc2ccccc2)C(=O)C1Cc1ccccc1. The minimum atomic E-state index is -1.14. The quantitative estimate of drug-likeness (QED) is 0.921. The van der Waals surface area contributed by atoms with Crippen LogP contribution in [0, 0.1) is 5.92 Å². The van der Waals surface area contributed by atoms with Crippen LogP contribution in [-0.4, -0.2) is 27.7 Å². The van der Waals surface area contributed by atoms with Crippen LogP contribution in [-0.2, 0) is 22.6 Å². The van der Waals surface area contributed by atoms with E-state index in [0.29, 0.717) is 6.42 Å². The van der Waals surface area contributed by atoms with Gasteiger partial charge in [-0.1, -0.05) is 60.7 Å². The smallest absolute Gasteiger partial charge is 0.352 e. The fraction of sp³-hybridized carbons (Fsp3) is 0.167. The predicted octanol–water partition coefficient (Wildman–Crippen LogP) is 2.33. The Labute approximate surface area is 133 Å². The van der Waals surface area contributed by atoms with Crippen LogP contribution in [0.15, 0.2) is 65.8 Å². The molecule has 5 heteroatoms. The minimum absolute atomic E-state index is 0.0882. The molecule has 0 radical (unpaired) electrons. The van der Waals surface area contributed by atoms with E-state index in [9.17, 15) is 14.7 Å². The Morgan fingerprint density at radius 2 is 1.57 bits per heavy atom. The van der Waals surface area contributed by atoms with Gasteiger partial charge in [-0.2, -0.15) is 5.10 Å². The first kappa shape index (κ1) is 15.0. The molecule has 2 aromatic carbocycles. The first-order valence-electron chi connectivity index (χ1n) is 7.36. The number of hydrazone groups is 1. The number of amides is 1. The highest BCUT2D eigenvalue weighted by Crippen LogP contribution is 2.22. The molecule has 5 nitrogen and oxygen atoms in total. The van der Waals surface area contributed by atoms with E-state index >= 15 is 0 Å². The summed E-state index contributed by atoms with van der Waals surface area (Å²) in [5, 5.41) is 14.7. The topological polar surface area (TPSA) is 70.0 Å². The number of carbonyl (C=O) groups excluding carboxylic acids is 1. The second-order valence-corrected chi connectivity index (χ2v) is 5.41. The number of carboxylic acids is 1. The zero-order chi connectivity index (χ0) is 16.2. The van der Waals surface area contributed by atoms with Gasteiger partial charge in [-0.3, -0.25) is 4.79 Å². The highest BCUT2D eigenvalue weighted by molar-refractivity contribution is 6.41. The molecule has 1 aliphatic rings. The number of nitrogens with zero attached hydrogens (tertiary/aromatic N) is 2. The molecule has 1 N–H and O–H groups in total. The Bertz CT molecular complexity index is 741. The van der Waals surface area contributed by atoms with E-state index in [-0.39, 0.29) is 18.2 Å². The molecule has 0 spiro atoms. The summed E-state index contributed by atoms with van der Waals surface area (Å²) < 4.78 is 0. The van der Waals surface area contributed by atoms with Crippen molar-refractivity contribution in [3.8, 4) is 0 Å². The van der Waals surface area contributed by atoms with Crippen molar-refractivity contribution in [2.45, 2.75) is 13.0 Å². The first-order valence-corrected chi connectivity index (χ1v) is 7.36. The van der Waals surface area contributed by atoms with Crippen LogP contribution in [0.1, 0.15) is 11.1 Å². The standard InChI is InChI=1S/C18H16N2O3/c21-17-15(11-13-7-3-1-4-8-13)16(18(22)23)19-20(17)12-14-9-5-2-6-10-14/h1-10,15H,11-12H2,(H,22,23). The van der Waals surface area contributed by atoms with Crippen LogP contribution in [0.4, 0.5) is 0 Å². The zero-order valence-corrected chi connectivity index (χ0v) is 12.4. The number of rotatable bonds is 5. The number of hydrogen-bond donors (Lipinski definition) is 1. The molecule has 0 saturated heterocycles. The van der Waals surface area contributed by atoms with E-state index in [2.05, 4.69) is 5.10 Å². The summed E-state index contributed by atoms with van der Waals surface area (Å²) >= 11 is 0. The number of hydrogen-bond acceptors (Lipinski definition) is 3. The molecule has 116 valence electrons. The van der Waals surface area contributed by atoms with Crippen molar-refractivity contribution >= 4 is 17.6 Å². The summed E-state index contributed by atoms with van der Waals surface area (Å²) in [5.41, 5.74) is 1.74. The molecule has 0 bridgehead atoms.